The molecule has 0 bridgehead atoms. The van der Waals surface area contributed by atoms with Crippen molar-refractivity contribution in [2.24, 2.45) is 0 Å². The van der Waals surface area contributed by atoms with E-state index in [0.717, 1.165) is 35.4 Å². The predicted molar refractivity (Wildman–Crippen MR) is 143 cm³/mol. The number of nitrogens with one attached hydrogen (secondary N) is 2. The van der Waals surface area contributed by atoms with Crippen LogP contribution in [0.1, 0.15) is 46.7 Å². The van der Waals surface area contributed by atoms with E-state index >= 15 is 0 Å². The Morgan fingerprint density at radius 1 is 0.974 bits per heavy atom. The summed E-state index contributed by atoms with van der Waals surface area (Å²) < 4.78 is 40.9. The number of fused-ring (bicyclic) bond motifs is 1. The highest BCUT2D eigenvalue weighted by atomic mass is 19.4. The van der Waals surface area contributed by atoms with Gasteiger partial charge in [-0.2, -0.15) is 13.2 Å². The number of carbonyl (C=O) groups is 2. The third-order valence-corrected chi connectivity index (χ3v) is 7.09. The Bertz CT molecular complexity index is 1490. The summed E-state index contributed by atoms with van der Waals surface area (Å²) in [5, 5.41) is 13.0. The number of aliphatic carboxylic acids is 1. The highest BCUT2D eigenvalue weighted by Gasteiger charge is 2.33. The molecule has 1 unspecified atom stereocenters. The van der Waals surface area contributed by atoms with E-state index < -0.39 is 23.8 Å². The molecule has 4 aromatic rings. The van der Waals surface area contributed by atoms with Crippen molar-refractivity contribution in [1.29, 1.82) is 0 Å². The van der Waals surface area contributed by atoms with Gasteiger partial charge in [0, 0.05) is 41.4 Å². The number of carboxylic acid groups (broad SMARTS) is 1. The predicted octanol–water partition coefficient (Wildman–Crippen LogP) is 5.86. The molecule has 0 aliphatic carbocycles. The number of benzene rings is 3. The molecule has 3 N–H and O–H groups in total. The van der Waals surface area contributed by atoms with Gasteiger partial charge >= 0.3 is 12.1 Å². The van der Waals surface area contributed by atoms with Crippen LogP contribution in [0.3, 0.4) is 0 Å². The van der Waals surface area contributed by atoms with Gasteiger partial charge in [0.15, 0.2) is 0 Å². The molecule has 1 atom stereocenters. The summed E-state index contributed by atoms with van der Waals surface area (Å²) in [4.78, 5) is 29.6. The summed E-state index contributed by atoms with van der Waals surface area (Å²) in [6.45, 7) is 1.30. The van der Waals surface area contributed by atoms with Crippen LogP contribution in [0.4, 0.5) is 18.9 Å². The minimum atomic E-state index is -4.48. The topological polar surface area (TPSA) is 85.4 Å². The fraction of sp³-hybridized carbons (Fsp3) is 0.267. The zero-order valence-electron chi connectivity index (χ0n) is 21.1. The molecule has 6 nitrogen and oxygen atoms in total. The first-order valence-corrected chi connectivity index (χ1v) is 12.8. The normalized spacial score (nSPS) is 14.5. The third kappa shape index (κ3) is 5.92. The van der Waals surface area contributed by atoms with Gasteiger partial charge in [-0.3, -0.25) is 9.59 Å². The van der Waals surface area contributed by atoms with E-state index in [1.165, 1.54) is 12.1 Å². The molecule has 39 heavy (non-hydrogen) atoms. The van der Waals surface area contributed by atoms with Crippen molar-refractivity contribution in [3.8, 4) is 0 Å². The maximum Gasteiger partial charge on any atom is 0.416 e. The van der Waals surface area contributed by atoms with E-state index in [4.69, 9.17) is 0 Å². The standard InChI is InChI=1S/C30H28F3N3O3/c31-30(32,33)22-9-10-23(26(17-22)36-12-4-5-13-36)29(20-6-2-1-3-7-20)35-27(37)15-19-8-11-25-24(14-19)21(18-34-25)16-28(38)39/h1-3,6-11,14,17-18,29,34H,4-5,12-13,15-16H2,(H,35,37)(H,38,39). The average Bonchev–Trinajstić information content (AvgIpc) is 3.57. The maximum atomic E-state index is 13.6. The number of hydrogen-bond donors (Lipinski definition) is 3. The molecule has 2 heterocycles. The number of rotatable bonds is 8. The van der Waals surface area contributed by atoms with Crippen molar-refractivity contribution < 1.29 is 27.9 Å². The number of anilines is 1. The molecule has 1 amide bonds. The van der Waals surface area contributed by atoms with Crippen LogP contribution < -0.4 is 10.2 Å². The van der Waals surface area contributed by atoms with Crippen molar-refractivity contribution >= 4 is 28.5 Å². The van der Waals surface area contributed by atoms with E-state index in [-0.39, 0.29) is 18.7 Å². The van der Waals surface area contributed by atoms with Crippen LogP contribution in [-0.2, 0) is 28.6 Å². The Labute approximate surface area is 223 Å². The first-order valence-electron chi connectivity index (χ1n) is 12.8. The van der Waals surface area contributed by atoms with Gasteiger partial charge in [-0.05, 0) is 53.8 Å². The lowest BCUT2D eigenvalue weighted by Crippen LogP contribution is -2.32. The van der Waals surface area contributed by atoms with Crippen LogP contribution in [-0.4, -0.2) is 35.1 Å². The van der Waals surface area contributed by atoms with E-state index in [1.807, 2.05) is 35.2 Å². The van der Waals surface area contributed by atoms with E-state index in [1.54, 1.807) is 24.4 Å². The molecule has 202 valence electrons. The van der Waals surface area contributed by atoms with Crippen molar-refractivity contribution in [2.45, 2.75) is 37.9 Å². The van der Waals surface area contributed by atoms with Gasteiger partial charge in [0.25, 0.3) is 0 Å². The number of H-pyrrole nitrogens is 1. The van der Waals surface area contributed by atoms with Crippen LogP contribution in [0.5, 0.6) is 0 Å². The van der Waals surface area contributed by atoms with Crippen LogP contribution in [0.2, 0.25) is 0 Å². The van der Waals surface area contributed by atoms with Gasteiger partial charge in [0.2, 0.25) is 5.91 Å². The van der Waals surface area contributed by atoms with Gasteiger partial charge in [0.1, 0.15) is 0 Å². The lowest BCUT2D eigenvalue weighted by atomic mass is 9.94. The number of alkyl halides is 3. The monoisotopic (exact) mass is 535 g/mol. The van der Waals surface area contributed by atoms with Crippen molar-refractivity contribution in [1.82, 2.24) is 10.3 Å². The number of carbonyl (C=O) groups excluding carboxylic acids is 1. The zero-order chi connectivity index (χ0) is 27.6. The minimum absolute atomic E-state index is 0.0245. The highest BCUT2D eigenvalue weighted by molar-refractivity contribution is 5.89. The molecule has 1 aliphatic rings. The summed E-state index contributed by atoms with van der Waals surface area (Å²) in [7, 11) is 0. The SMILES string of the molecule is O=C(O)Cc1c[nH]c2ccc(CC(=O)NC(c3ccccc3)c3ccc(C(F)(F)F)cc3N3CCCC3)cc12. The van der Waals surface area contributed by atoms with E-state index in [2.05, 4.69) is 10.3 Å². The van der Waals surface area contributed by atoms with Crippen LogP contribution >= 0.6 is 0 Å². The summed E-state index contributed by atoms with van der Waals surface area (Å²) in [6.07, 6.45) is -1.16. The van der Waals surface area contributed by atoms with Crippen LogP contribution in [0, 0.1) is 0 Å². The van der Waals surface area contributed by atoms with Crippen LogP contribution in [0.25, 0.3) is 10.9 Å². The minimum Gasteiger partial charge on any atom is -0.481 e. The van der Waals surface area contributed by atoms with Gasteiger partial charge in [-0.1, -0.05) is 42.5 Å². The van der Waals surface area contributed by atoms with Gasteiger partial charge < -0.3 is 20.3 Å². The van der Waals surface area contributed by atoms with Gasteiger partial charge in [0.05, 0.1) is 24.4 Å². The summed E-state index contributed by atoms with van der Waals surface area (Å²) in [5.41, 5.74) is 3.22. The lowest BCUT2D eigenvalue weighted by Gasteiger charge is -2.28. The Balaban J connectivity index is 1.47. The third-order valence-electron chi connectivity index (χ3n) is 7.09. The highest BCUT2D eigenvalue weighted by Crippen LogP contribution is 2.38. The molecule has 5 rings (SSSR count). The Morgan fingerprint density at radius 3 is 2.41 bits per heavy atom. The molecule has 0 radical (unpaired) electrons. The molecular formula is C30H28F3N3O3. The fourth-order valence-electron chi connectivity index (χ4n) is 5.22. The largest absolute Gasteiger partial charge is 0.481 e. The number of carboxylic acids is 1. The van der Waals surface area contributed by atoms with Gasteiger partial charge in [-0.15, -0.1) is 0 Å². The number of hydrogen-bond acceptors (Lipinski definition) is 3. The average molecular weight is 536 g/mol. The molecule has 0 spiro atoms. The molecule has 1 aliphatic heterocycles. The lowest BCUT2D eigenvalue weighted by molar-refractivity contribution is -0.138. The number of amides is 1. The van der Waals surface area contributed by atoms with Crippen molar-refractivity contribution in [2.75, 3.05) is 18.0 Å². The molecule has 1 fully saturated rings. The number of halogens is 3. The quantitative estimate of drug-likeness (QED) is 0.264. The van der Waals surface area contributed by atoms with E-state index in [9.17, 15) is 27.9 Å². The smallest absolute Gasteiger partial charge is 0.416 e. The molecule has 9 heteroatoms. The fourth-order valence-corrected chi connectivity index (χ4v) is 5.22. The Morgan fingerprint density at radius 2 is 1.72 bits per heavy atom. The summed E-state index contributed by atoms with van der Waals surface area (Å²) >= 11 is 0. The second-order valence-corrected chi connectivity index (χ2v) is 9.82. The zero-order valence-corrected chi connectivity index (χ0v) is 21.1. The molecule has 0 saturated carbocycles. The van der Waals surface area contributed by atoms with Crippen molar-refractivity contribution in [3.63, 3.8) is 0 Å². The maximum absolute atomic E-state index is 13.6. The van der Waals surface area contributed by atoms with Gasteiger partial charge in [-0.25, -0.2) is 0 Å². The number of nitrogens with zero attached hydrogens (tertiary/aromatic N) is 1. The van der Waals surface area contributed by atoms with E-state index in [0.29, 0.717) is 35.5 Å². The van der Waals surface area contributed by atoms with Crippen LogP contribution in [0.15, 0.2) is 72.9 Å². The first-order chi connectivity index (χ1) is 18.7. The molecular weight excluding hydrogens is 507 g/mol. The molecule has 1 saturated heterocycles. The summed E-state index contributed by atoms with van der Waals surface area (Å²) in [5.74, 6) is -1.25. The molecule has 3 aromatic carbocycles. The molecule has 1 aromatic heterocycles. The first kappa shape index (κ1) is 26.3. The Hall–Kier alpha value is -4.27. The number of aromatic nitrogens is 1. The second kappa shape index (κ2) is 10.8. The second-order valence-electron chi connectivity index (χ2n) is 9.82. The van der Waals surface area contributed by atoms with Crippen molar-refractivity contribution in [3.05, 3.63) is 101 Å². The summed E-state index contributed by atoms with van der Waals surface area (Å²) in [6, 6.07) is 17.7. The Kier molecular flexibility index (Phi) is 7.32. The number of aromatic amines is 1.